The summed E-state index contributed by atoms with van der Waals surface area (Å²) in [5, 5.41) is 31.5. The minimum atomic E-state index is -1.27. The van der Waals surface area contributed by atoms with Gasteiger partial charge in [0.05, 0.1) is 43.9 Å². The molecule has 472 valence electrons. The van der Waals surface area contributed by atoms with E-state index in [-0.39, 0.29) is 61.7 Å². The maximum absolute atomic E-state index is 14.5. The number of likely N-dealkylation sites (N-methyl/N-ethyl adjacent to an activating group) is 8. The summed E-state index contributed by atoms with van der Waals surface area (Å²) in [7, 11) is 11.6. The van der Waals surface area contributed by atoms with E-state index in [1.54, 1.807) is 34.7 Å². The third kappa shape index (κ3) is 24.6. The highest BCUT2D eigenvalue weighted by molar-refractivity contribution is 5.97. The zero-order valence-electron chi connectivity index (χ0n) is 53.7. The fourth-order valence-corrected chi connectivity index (χ4v) is 9.28. The number of hydrogen-bond donors (Lipinski definition) is 6. The van der Waals surface area contributed by atoms with E-state index in [9.17, 15) is 63.0 Å². The van der Waals surface area contributed by atoms with Crippen molar-refractivity contribution in [2.75, 3.05) is 76.0 Å². The van der Waals surface area contributed by atoms with Gasteiger partial charge in [-0.25, -0.2) is 0 Å². The number of carbonyl (C=O) groups excluding carboxylic acids is 11. The lowest BCUT2D eigenvalue weighted by molar-refractivity contribution is -0.152. The quantitative estimate of drug-likeness (QED) is 0.0477. The molecule has 0 saturated heterocycles. The zero-order chi connectivity index (χ0) is 64.0. The second kappa shape index (κ2) is 36.1. The predicted molar refractivity (Wildman–Crippen MR) is 314 cm³/mol. The van der Waals surface area contributed by atoms with Gasteiger partial charge in [0.1, 0.15) is 42.5 Å². The third-order valence-electron chi connectivity index (χ3n) is 14.9. The highest BCUT2D eigenvalue weighted by Gasteiger charge is 2.40. The van der Waals surface area contributed by atoms with Gasteiger partial charge in [0.2, 0.25) is 59.1 Å². The van der Waals surface area contributed by atoms with Crippen LogP contribution in [0.15, 0.2) is 0 Å². The summed E-state index contributed by atoms with van der Waals surface area (Å²) in [6.07, 6.45) is -0.502. The third-order valence-corrected chi connectivity index (χ3v) is 14.9. The molecule has 0 aromatic rings. The van der Waals surface area contributed by atoms with E-state index < -0.39 is 145 Å². The van der Waals surface area contributed by atoms with Crippen molar-refractivity contribution in [2.24, 2.45) is 35.5 Å². The van der Waals surface area contributed by atoms with Gasteiger partial charge in [0, 0.05) is 49.3 Å². The van der Waals surface area contributed by atoms with Crippen molar-refractivity contribution in [3.8, 4) is 0 Å². The van der Waals surface area contributed by atoms with Crippen LogP contribution >= 0.6 is 0 Å². The smallest absolute Gasteiger partial charge is 0.245 e. The summed E-state index contributed by atoms with van der Waals surface area (Å²) in [5.41, 5.74) is 0. The first kappa shape index (κ1) is 76.2. The van der Waals surface area contributed by atoms with E-state index in [0.29, 0.717) is 12.7 Å². The van der Waals surface area contributed by atoms with Crippen LogP contribution in [0.1, 0.15) is 135 Å². The zero-order valence-corrected chi connectivity index (χ0v) is 53.7. The summed E-state index contributed by atoms with van der Waals surface area (Å²) in [6.45, 7) is 23.3. The molecule has 0 aromatic carbocycles. The lowest BCUT2D eigenvalue weighted by Crippen LogP contribution is -2.58. The molecule has 6 N–H and O–H groups in total. The van der Waals surface area contributed by atoms with Crippen molar-refractivity contribution in [3.63, 3.8) is 0 Å². The Labute approximate surface area is 489 Å². The number of hydrogen-bond acceptors (Lipinski definition) is 14. The van der Waals surface area contributed by atoms with Crippen molar-refractivity contribution in [1.82, 2.24) is 55.6 Å². The van der Waals surface area contributed by atoms with E-state index in [4.69, 9.17) is 0 Å². The van der Waals surface area contributed by atoms with E-state index in [1.807, 2.05) is 55.4 Å². The van der Waals surface area contributed by atoms with Gasteiger partial charge < -0.3 is 70.6 Å². The van der Waals surface area contributed by atoms with E-state index in [2.05, 4.69) is 21.3 Å². The number of aliphatic hydroxyl groups is 2. The molecule has 0 aliphatic carbocycles. The molecule has 82 heavy (non-hydrogen) atoms. The summed E-state index contributed by atoms with van der Waals surface area (Å²) in [6, 6.07) is -7.69. The minimum Gasteiger partial charge on any atom is -0.391 e. The van der Waals surface area contributed by atoms with Gasteiger partial charge in [-0.2, -0.15) is 0 Å². The number of amides is 10. The topological polar surface area (TPSA) is 299 Å². The largest absolute Gasteiger partial charge is 0.391 e. The summed E-state index contributed by atoms with van der Waals surface area (Å²) >= 11 is 0. The second-order valence-corrected chi connectivity index (χ2v) is 24.7. The Morgan fingerprint density at radius 2 is 0.878 bits per heavy atom. The van der Waals surface area contributed by atoms with Gasteiger partial charge in [-0.05, 0) is 102 Å². The fourth-order valence-electron chi connectivity index (χ4n) is 9.28. The molecule has 0 saturated carbocycles. The highest BCUT2D eigenvalue weighted by Crippen LogP contribution is 2.22. The van der Waals surface area contributed by atoms with Crippen LogP contribution < -0.4 is 21.3 Å². The summed E-state index contributed by atoms with van der Waals surface area (Å²) in [4.78, 5) is 159. The van der Waals surface area contributed by atoms with Crippen LogP contribution in [0.25, 0.3) is 0 Å². The SMILES string of the molecule is CN[C@@H](C)C(=O)N[C@H](C)C(=O)N(C)[C@@H](CC(C)C)C(=O)N(C)[C@@H](CC(C)C)C(=O)N(C)CC(=O)N(C)C(C[C@H](C)CC(O)C(C)O)C(=O)NCC(=O)N(C)CC(=O)N(C)[C@@H](CC(C)C)C(=O)NC(C(=O)N(C)[C@H](C=O)CC(C)C)C(C)C. The first-order chi connectivity index (χ1) is 37.8. The average molecular weight is 1170 g/mol. The molecule has 24 heteroatoms. The van der Waals surface area contributed by atoms with Crippen LogP contribution in [0.5, 0.6) is 0 Å². The molecule has 0 fully saturated rings. The number of aliphatic hydroxyl groups excluding tert-OH is 2. The van der Waals surface area contributed by atoms with Gasteiger partial charge in [-0.15, -0.1) is 0 Å². The summed E-state index contributed by atoms with van der Waals surface area (Å²) in [5.74, 6) is -6.83. The molecule has 0 rings (SSSR count). The number of carbonyl (C=O) groups is 11. The van der Waals surface area contributed by atoms with Gasteiger partial charge in [-0.1, -0.05) is 76.2 Å². The lowest BCUT2D eigenvalue weighted by atomic mass is 9.93. The van der Waals surface area contributed by atoms with Crippen LogP contribution in [0, 0.1) is 35.5 Å². The summed E-state index contributed by atoms with van der Waals surface area (Å²) < 4.78 is 0. The van der Waals surface area contributed by atoms with Crippen molar-refractivity contribution in [2.45, 2.75) is 196 Å². The molecule has 0 aliphatic heterocycles. The minimum absolute atomic E-state index is 0.0400. The van der Waals surface area contributed by atoms with E-state index in [1.165, 1.54) is 82.8 Å². The second-order valence-electron chi connectivity index (χ2n) is 24.7. The molecule has 11 atom stereocenters. The molecular formula is C58H107N11O13. The molecular weight excluding hydrogens is 1060 g/mol. The Hall–Kier alpha value is -5.75. The van der Waals surface area contributed by atoms with Crippen LogP contribution in [-0.4, -0.2) is 246 Å². The average Bonchev–Trinajstić information content (AvgIpc) is 3.57. The fraction of sp³-hybridized carbons (Fsp3) is 0.810. The van der Waals surface area contributed by atoms with E-state index in [0.717, 1.165) is 14.7 Å². The van der Waals surface area contributed by atoms with Gasteiger partial charge >= 0.3 is 0 Å². The molecule has 0 radical (unpaired) electrons. The maximum atomic E-state index is 14.5. The Morgan fingerprint density at radius 3 is 1.32 bits per heavy atom. The Morgan fingerprint density at radius 1 is 0.439 bits per heavy atom. The molecule has 0 aliphatic rings. The monoisotopic (exact) mass is 1170 g/mol. The molecule has 0 heterocycles. The molecule has 0 spiro atoms. The van der Waals surface area contributed by atoms with Crippen LogP contribution in [0.2, 0.25) is 0 Å². The maximum Gasteiger partial charge on any atom is 0.245 e. The van der Waals surface area contributed by atoms with Crippen LogP contribution in [-0.2, 0) is 52.7 Å². The van der Waals surface area contributed by atoms with Gasteiger partial charge in [0.25, 0.3) is 0 Å². The Balaban J connectivity index is 6.60. The molecule has 4 unspecified atom stereocenters. The molecule has 24 nitrogen and oxygen atoms in total. The highest BCUT2D eigenvalue weighted by atomic mass is 16.3. The Bertz CT molecular complexity index is 2120. The van der Waals surface area contributed by atoms with Crippen LogP contribution in [0.3, 0.4) is 0 Å². The molecule has 0 bridgehead atoms. The number of rotatable bonds is 36. The van der Waals surface area contributed by atoms with E-state index >= 15 is 0 Å². The molecule has 0 aromatic heterocycles. The number of aldehydes is 1. The van der Waals surface area contributed by atoms with Gasteiger partial charge in [-0.3, -0.25) is 47.9 Å². The van der Waals surface area contributed by atoms with Crippen molar-refractivity contribution in [3.05, 3.63) is 0 Å². The van der Waals surface area contributed by atoms with Crippen molar-refractivity contribution < 1.29 is 63.0 Å². The molecule has 10 amide bonds. The first-order valence-corrected chi connectivity index (χ1v) is 28.9. The lowest BCUT2D eigenvalue weighted by Gasteiger charge is -2.38. The normalized spacial score (nSPS) is 15.6. The van der Waals surface area contributed by atoms with Crippen molar-refractivity contribution >= 4 is 65.4 Å². The van der Waals surface area contributed by atoms with Crippen LogP contribution in [0.4, 0.5) is 0 Å². The van der Waals surface area contributed by atoms with Crippen molar-refractivity contribution in [1.29, 1.82) is 0 Å². The van der Waals surface area contributed by atoms with Gasteiger partial charge in [0.15, 0.2) is 0 Å². The predicted octanol–water partition coefficient (Wildman–Crippen LogP) is 0.949. The standard InChI is InChI=1S/C58H107N11O13/c1-33(2)23-42(32-70)65(18)58(82)51(37(9)10)62-54(78)43(24-34(3)4)66(19)49(74)30-63(16)48(73)29-60-53(77)44(27-38(11)28-47(72)41(14)71)67(20)50(75)31-64(17)56(80)45(25-35(5)6)69(22)57(81)46(26-36(7)8)68(21)55(79)40(13)61-52(76)39(12)59-15/h32-47,51,59,71-72H,23-31H2,1-22H3,(H,60,77)(H,61,76)(H,62,78)/t38-,39-,40+,41?,42-,43-,44?,45-,46-,47?,51?/m0/s1. The number of nitrogens with zero attached hydrogens (tertiary/aromatic N) is 7. The Kier molecular flexibility index (Phi) is 33.5. The number of nitrogens with one attached hydrogen (secondary N) is 4. The first-order valence-electron chi connectivity index (χ1n) is 28.9.